The molecule has 0 spiro atoms. The topological polar surface area (TPSA) is 26.8 Å². The minimum atomic E-state index is 0.228. The highest BCUT2D eigenvalue weighted by molar-refractivity contribution is 5.79. The van der Waals surface area contributed by atoms with Gasteiger partial charge in [0.2, 0.25) is 5.91 Å². The van der Waals surface area contributed by atoms with Gasteiger partial charge in [-0.3, -0.25) is 14.6 Å². The summed E-state index contributed by atoms with van der Waals surface area (Å²) < 4.78 is 0. The molecule has 122 valence electrons. The van der Waals surface area contributed by atoms with Gasteiger partial charge in [-0.15, -0.1) is 6.42 Å². The first-order valence-electron chi connectivity index (χ1n) is 8.96. The van der Waals surface area contributed by atoms with Crippen molar-refractivity contribution < 1.29 is 4.79 Å². The Kier molecular flexibility index (Phi) is 5.38. The number of rotatable bonds is 3. The van der Waals surface area contributed by atoms with E-state index in [1.54, 1.807) is 0 Å². The lowest BCUT2D eigenvalue weighted by atomic mass is 9.93. The molecule has 3 saturated heterocycles. The standard InChI is InChI=1S/C18H29N3O/c1-2-9-19-13-7-16(8-14-19)18(22)21-12-5-6-17(15-21)20-10-3-4-11-20/h1,16-17H,3-15H2/t17-/m1/s1. The Morgan fingerprint density at radius 2 is 1.73 bits per heavy atom. The van der Waals surface area contributed by atoms with Gasteiger partial charge in [0.05, 0.1) is 6.54 Å². The SMILES string of the molecule is C#CCN1CCC(C(=O)N2CCC[C@@H](N3CCCC3)C2)CC1. The van der Waals surface area contributed by atoms with Crippen LogP contribution in [0.25, 0.3) is 0 Å². The normalized spacial score (nSPS) is 28.7. The molecule has 0 radical (unpaired) electrons. The van der Waals surface area contributed by atoms with E-state index in [9.17, 15) is 4.79 Å². The number of hydrogen-bond acceptors (Lipinski definition) is 3. The number of carbonyl (C=O) groups is 1. The summed E-state index contributed by atoms with van der Waals surface area (Å²) in [6, 6.07) is 0.613. The van der Waals surface area contributed by atoms with E-state index in [-0.39, 0.29) is 5.92 Å². The van der Waals surface area contributed by atoms with E-state index in [2.05, 4.69) is 20.6 Å². The summed E-state index contributed by atoms with van der Waals surface area (Å²) in [6.07, 6.45) is 12.4. The van der Waals surface area contributed by atoms with Crippen LogP contribution in [-0.2, 0) is 4.79 Å². The van der Waals surface area contributed by atoms with Crippen LogP contribution in [0.2, 0.25) is 0 Å². The van der Waals surface area contributed by atoms with E-state index < -0.39 is 0 Å². The average Bonchev–Trinajstić information content (AvgIpc) is 3.10. The molecule has 0 aromatic heterocycles. The van der Waals surface area contributed by atoms with Gasteiger partial charge in [-0.1, -0.05) is 5.92 Å². The molecule has 3 rings (SSSR count). The average molecular weight is 303 g/mol. The third kappa shape index (κ3) is 3.64. The minimum absolute atomic E-state index is 0.228. The molecular weight excluding hydrogens is 274 g/mol. The maximum atomic E-state index is 12.8. The molecule has 0 aromatic carbocycles. The maximum Gasteiger partial charge on any atom is 0.225 e. The molecule has 0 bridgehead atoms. The molecule has 0 aromatic rings. The van der Waals surface area contributed by atoms with Crippen molar-refractivity contribution in [3.8, 4) is 12.3 Å². The fourth-order valence-electron chi connectivity index (χ4n) is 4.29. The van der Waals surface area contributed by atoms with Crippen molar-refractivity contribution in [3.63, 3.8) is 0 Å². The Morgan fingerprint density at radius 3 is 2.41 bits per heavy atom. The zero-order valence-electron chi connectivity index (χ0n) is 13.7. The van der Waals surface area contributed by atoms with Crippen molar-refractivity contribution in [2.45, 2.75) is 44.6 Å². The number of piperidine rings is 2. The number of hydrogen-bond donors (Lipinski definition) is 0. The summed E-state index contributed by atoms with van der Waals surface area (Å²) in [6.45, 7) is 7.07. The van der Waals surface area contributed by atoms with Crippen molar-refractivity contribution >= 4 is 5.91 Å². The highest BCUT2D eigenvalue weighted by Crippen LogP contribution is 2.24. The van der Waals surface area contributed by atoms with Gasteiger partial charge in [0, 0.05) is 25.0 Å². The molecule has 0 aliphatic carbocycles. The third-order valence-corrected chi connectivity index (χ3v) is 5.62. The molecule has 3 heterocycles. The molecule has 4 nitrogen and oxygen atoms in total. The number of terminal acetylenes is 1. The van der Waals surface area contributed by atoms with Crippen LogP contribution in [0, 0.1) is 18.3 Å². The summed E-state index contributed by atoms with van der Waals surface area (Å²) >= 11 is 0. The molecular formula is C18H29N3O. The van der Waals surface area contributed by atoms with Crippen molar-refractivity contribution in [1.29, 1.82) is 0 Å². The van der Waals surface area contributed by atoms with Gasteiger partial charge >= 0.3 is 0 Å². The summed E-state index contributed by atoms with van der Waals surface area (Å²) in [5.74, 6) is 3.34. The van der Waals surface area contributed by atoms with Crippen molar-refractivity contribution in [2.24, 2.45) is 5.92 Å². The first-order chi connectivity index (χ1) is 10.8. The molecule has 1 atom stereocenters. The lowest BCUT2D eigenvalue weighted by Crippen LogP contribution is -2.51. The van der Waals surface area contributed by atoms with E-state index in [0.29, 0.717) is 11.9 Å². The summed E-state index contributed by atoms with van der Waals surface area (Å²) in [5, 5.41) is 0. The smallest absolute Gasteiger partial charge is 0.225 e. The number of carbonyl (C=O) groups excluding carboxylic acids is 1. The van der Waals surface area contributed by atoms with Crippen LogP contribution in [0.3, 0.4) is 0 Å². The Bertz CT molecular complexity index is 417. The molecule has 22 heavy (non-hydrogen) atoms. The van der Waals surface area contributed by atoms with Crippen molar-refractivity contribution in [2.75, 3.05) is 45.8 Å². The van der Waals surface area contributed by atoms with Gasteiger partial charge in [-0.05, 0) is 64.7 Å². The Labute approximate surface area is 134 Å². The van der Waals surface area contributed by atoms with Crippen LogP contribution >= 0.6 is 0 Å². The van der Waals surface area contributed by atoms with E-state index in [1.807, 2.05) is 0 Å². The second kappa shape index (κ2) is 7.48. The summed E-state index contributed by atoms with van der Waals surface area (Å²) in [4.78, 5) is 19.9. The second-order valence-electron chi connectivity index (χ2n) is 7.08. The third-order valence-electron chi connectivity index (χ3n) is 5.62. The fraction of sp³-hybridized carbons (Fsp3) is 0.833. The molecule has 3 aliphatic heterocycles. The monoisotopic (exact) mass is 303 g/mol. The van der Waals surface area contributed by atoms with E-state index in [0.717, 1.165) is 45.6 Å². The molecule has 0 N–H and O–H groups in total. The van der Waals surface area contributed by atoms with Crippen LogP contribution < -0.4 is 0 Å². The fourth-order valence-corrected chi connectivity index (χ4v) is 4.29. The van der Waals surface area contributed by atoms with Gasteiger partial charge in [0.25, 0.3) is 0 Å². The van der Waals surface area contributed by atoms with Gasteiger partial charge in [-0.25, -0.2) is 0 Å². The molecule has 1 amide bonds. The van der Waals surface area contributed by atoms with Crippen molar-refractivity contribution in [3.05, 3.63) is 0 Å². The molecule has 4 heteroatoms. The first kappa shape index (κ1) is 15.8. The van der Waals surface area contributed by atoms with E-state index in [4.69, 9.17) is 6.42 Å². The van der Waals surface area contributed by atoms with Gasteiger partial charge in [-0.2, -0.15) is 0 Å². The minimum Gasteiger partial charge on any atom is -0.341 e. The maximum absolute atomic E-state index is 12.8. The van der Waals surface area contributed by atoms with Gasteiger partial charge in [0.15, 0.2) is 0 Å². The van der Waals surface area contributed by atoms with Gasteiger partial charge in [0.1, 0.15) is 0 Å². The van der Waals surface area contributed by atoms with Crippen LogP contribution in [0.4, 0.5) is 0 Å². The highest BCUT2D eigenvalue weighted by atomic mass is 16.2. The van der Waals surface area contributed by atoms with Crippen LogP contribution in [-0.4, -0.2) is 72.5 Å². The second-order valence-corrected chi connectivity index (χ2v) is 7.08. The van der Waals surface area contributed by atoms with Gasteiger partial charge < -0.3 is 4.90 Å². The summed E-state index contributed by atoms with van der Waals surface area (Å²) in [7, 11) is 0. The molecule has 0 unspecified atom stereocenters. The number of nitrogens with zero attached hydrogens (tertiary/aromatic N) is 3. The number of amides is 1. The van der Waals surface area contributed by atoms with Crippen molar-refractivity contribution in [1.82, 2.24) is 14.7 Å². The highest BCUT2D eigenvalue weighted by Gasteiger charge is 2.33. The Balaban J connectivity index is 1.50. The lowest BCUT2D eigenvalue weighted by Gasteiger charge is -2.40. The predicted octanol–water partition coefficient (Wildman–Crippen LogP) is 1.42. The summed E-state index contributed by atoms with van der Waals surface area (Å²) in [5.41, 5.74) is 0. The van der Waals surface area contributed by atoms with Crippen LogP contribution in [0.5, 0.6) is 0 Å². The van der Waals surface area contributed by atoms with E-state index >= 15 is 0 Å². The van der Waals surface area contributed by atoms with Crippen LogP contribution in [0.1, 0.15) is 38.5 Å². The molecule has 3 fully saturated rings. The first-order valence-corrected chi connectivity index (χ1v) is 8.96. The predicted molar refractivity (Wildman–Crippen MR) is 88.4 cm³/mol. The van der Waals surface area contributed by atoms with Crippen LogP contribution in [0.15, 0.2) is 0 Å². The molecule has 3 aliphatic rings. The number of likely N-dealkylation sites (tertiary alicyclic amines) is 3. The quantitative estimate of drug-likeness (QED) is 0.738. The molecule has 0 saturated carbocycles. The largest absolute Gasteiger partial charge is 0.341 e. The lowest BCUT2D eigenvalue weighted by molar-refractivity contribution is -0.139. The van der Waals surface area contributed by atoms with E-state index in [1.165, 1.54) is 38.8 Å². The Morgan fingerprint density at radius 1 is 1.00 bits per heavy atom. The zero-order chi connectivity index (χ0) is 15.4. The Hall–Kier alpha value is -1.05. The zero-order valence-corrected chi connectivity index (χ0v) is 13.7.